The predicted octanol–water partition coefficient (Wildman–Crippen LogP) is 2.20. The Kier molecular flexibility index (Phi) is 8.75. The maximum Gasteiger partial charge on any atom is 0.241 e. The third-order valence-corrected chi connectivity index (χ3v) is 5.99. The molecule has 0 spiro atoms. The Balaban J connectivity index is 2.09. The minimum absolute atomic E-state index is 0.128. The van der Waals surface area contributed by atoms with Crippen LogP contribution >= 0.6 is 11.8 Å². The van der Waals surface area contributed by atoms with Gasteiger partial charge in [-0.3, -0.25) is 4.79 Å². The van der Waals surface area contributed by atoms with Gasteiger partial charge in [0.05, 0.1) is 11.5 Å². The first-order chi connectivity index (χ1) is 13.5. The lowest BCUT2D eigenvalue weighted by atomic mass is 10.2. The zero-order chi connectivity index (χ0) is 20.4. The molecule has 0 saturated carbocycles. The second kappa shape index (κ2) is 11.0. The monoisotopic (exact) mass is 423 g/mol. The highest BCUT2D eigenvalue weighted by Crippen LogP contribution is 2.15. The molecule has 1 aromatic heterocycles. The molecule has 9 heteroatoms. The SMILES string of the molecule is CCOc1ncccc1CNC(=O)C(CCSC)NS(=O)(=O)c1ccccc1. The van der Waals surface area contributed by atoms with Crippen LogP contribution in [0.1, 0.15) is 18.9 Å². The number of ether oxygens (including phenoxy) is 1. The smallest absolute Gasteiger partial charge is 0.241 e. The average Bonchev–Trinajstić information content (AvgIpc) is 2.71. The molecular weight excluding hydrogens is 398 g/mol. The summed E-state index contributed by atoms with van der Waals surface area (Å²) in [4.78, 5) is 17.0. The number of hydrogen-bond acceptors (Lipinski definition) is 6. The van der Waals surface area contributed by atoms with Gasteiger partial charge in [0.1, 0.15) is 6.04 Å². The van der Waals surface area contributed by atoms with Crippen molar-refractivity contribution >= 4 is 27.7 Å². The number of thioether (sulfide) groups is 1. The quantitative estimate of drug-likeness (QED) is 0.575. The van der Waals surface area contributed by atoms with Crippen LogP contribution < -0.4 is 14.8 Å². The molecule has 0 saturated heterocycles. The molecule has 28 heavy (non-hydrogen) atoms. The molecule has 1 heterocycles. The van der Waals surface area contributed by atoms with Crippen LogP contribution in [-0.4, -0.2) is 44.0 Å². The zero-order valence-corrected chi connectivity index (χ0v) is 17.6. The van der Waals surface area contributed by atoms with Crippen molar-refractivity contribution in [1.82, 2.24) is 15.0 Å². The minimum Gasteiger partial charge on any atom is -0.478 e. The van der Waals surface area contributed by atoms with Gasteiger partial charge in [-0.2, -0.15) is 16.5 Å². The van der Waals surface area contributed by atoms with Crippen molar-refractivity contribution < 1.29 is 17.9 Å². The topological polar surface area (TPSA) is 97.4 Å². The van der Waals surface area contributed by atoms with Gasteiger partial charge in [-0.1, -0.05) is 24.3 Å². The van der Waals surface area contributed by atoms with Gasteiger partial charge in [-0.05, 0) is 43.6 Å². The van der Waals surface area contributed by atoms with E-state index in [1.807, 2.05) is 19.2 Å². The third kappa shape index (κ3) is 6.50. The van der Waals surface area contributed by atoms with E-state index in [2.05, 4.69) is 15.0 Å². The molecule has 1 amide bonds. The summed E-state index contributed by atoms with van der Waals surface area (Å²) >= 11 is 1.55. The fourth-order valence-electron chi connectivity index (χ4n) is 2.47. The first-order valence-electron chi connectivity index (χ1n) is 8.88. The van der Waals surface area contributed by atoms with Crippen LogP contribution in [0.5, 0.6) is 5.88 Å². The van der Waals surface area contributed by atoms with Gasteiger partial charge < -0.3 is 10.1 Å². The van der Waals surface area contributed by atoms with E-state index in [-0.39, 0.29) is 17.3 Å². The summed E-state index contributed by atoms with van der Waals surface area (Å²) in [6.07, 6.45) is 3.90. The number of aromatic nitrogens is 1. The van der Waals surface area contributed by atoms with Crippen molar-refractivity contribution in [2.24, 2.45) is 0 Å². The zero-order valence-electron chi connectivity index (χ0n) is 15.9. The lowest BCUT2D eigenvalue weighted by Gasteiger charge is -2.18. The summed E-state index contributed by atoms with van der Waals surface area (Å²) in [5.74, 6) is 0.711. The van der Waals surface area contributed by atoms with Crippen molar-refractivity contribution in [3.05, 3.63) is 54.2 Å². The molecule has 1 aromatic carbocycles. The van der Waals surface area contributed by atoms with E-state index in [4.69, 9.17) is 4.74 Å². The van der Waals surface area contributed by atoms with Gasteiger partial charge in [-0.25, -0.2) is 13.4 Å². The van der Waals surface area contributed by atoms with E-state index in [0.29, 0.717) is 24.7 Å². The molecule has 1 unspecified atom stereocenters. The van der Waals surface area contributed by atoms with Gasteiger partial charge in [0.25, 0.3) is 0 Å². The Hall–Kier alpha value is -2.10. The molecule has 2 aromatic rings. The lowest BCUT2D eigenvalue weighted by molar-refractivity contribution is -0.122. The Morgan fingerprint density at radius 2 is 1.96 bits per heavy atom. The van der Waals surface area contributed by atoms with E-state index in [9.17, 15) is 13.2 Å². The maximum atomic E-state index is 12.7. The normalized spacial score (nSPS) is 12.4. The van der Waals surface area contributed by atoms with E-state index in [0.717, 1.165) is 5.56 Å². The number of amides is 1. The fourth-order valence-corrected chi connectivity index (χ4v) is 4.19. The van der Waals surface area contributed by atoms with Crippen molar-refractivity contribution in [3.8, 4) is 5.88 Å². The van der Waals surface area contributed by atoms with Crippen LogP contribution in [0.15, 0.2) is 53.6 Å². The first kappa shape index (κ1) is 22.2. The standard InChI is InChI=1S/C19H25N3O4S2/c1-3-26-19-15(8-7-12-20-19)14-21-18(23)17(11-13-27-2)22-28(24,25)16-9-5-4-6-10-16/h4-10,12,17,22H,3,11,13-14H2,1-2H3,(H,21,23). The summed E-state index contributed by atoms with van der Waals surface area (Å²) in [7, 11) is -3.79. The molecule has 0 aliphatic heterocycles. The van der Waals surface area contributed by atoms with E-state index in [1.165, 1.54) is 12.1 Å². The fraction of sp³-hybridized carbons (Fsp3) is 0.368. The number of rotatable bonds is 11. The largest absolute Gasteiger partial charge is 0.478 e. The van der Waals surface area contributed by atoms with E-state index in [1.54, 1.807) is 42.2 Å². The highest BCUT2D eigenvalue weighted by molar-refractivity contribution is 7.98. The summed E-state index contributed by atoms with van der Waals surface area (Å²) in [6, 6.07) is 10.7. The van der Waals surface area contributed by atoms with Crippen LogP contribution in [0.4, 0.5) is 0 Å². The second-order valence-corrected chi connectivity index (χ2v) is 8.59. The van der Waals surface area contributed by atoms with E-state index < -0.39 is 16.1 Å². The lowest BCUT2D eigenvalue weighted by Crippen LogP contribution is -2.46. The van der Waals surface area contributed by atoms with Crippen LogP contribution in [0, 0.1) is 0 Å². The molecule has 152 valence electrons. The first-order valence-corrected chi connectivity index (χ1v) is 11.8. The van der Waals surface area contributed by atoms with Crippen LogP contribution in [0.2, 0.25) is 0 Å². The number of sulfonamides is 1. The van der Waals surface area contributed by atoms with Crippen molar-refractivity contribution in [1.29, 1.82) is 0 Å². The molecule has 7 nitrogen and oxygen atoms in total. The number of hydrogen-bond donors (Lipinski definition) is 2. The van der Waals surface area contributed by atoms with Gasteiger partial charge >= 0.3 is 0 Å². The Morgan fingerprint density at radius 1 is 1.21 bits per heavy atom. The van der Waals surface area contributed by atoms with Gasteiger partial charge in [0.15, 0.2) is 0 Å². The highest BCUT2D eigenvalue weighted by atomic mass is 32.2. The Morgan fingerprint density at radius 3 is 2.64 bits per heavy atom. The molecule has 0 radical (unpaired) electrons. The number of benzene rings is 1. The number of nitrogens with one attached hydrogen (secondary N) is 2. The van der Waals surface area contributed by atoms with Crippen LogP contribution in [0.3, 0.4) is 0 Å². The average molecular weight is 424 g/mol. The molecule has 0 aliphatic carbocycles. The molecule has 0 fully saturated rings. The number of carbonyl (C=O) groups is 1. The van der Waals surface area contributed by atoms with Crippen LogP contribution in [-0.2, 0) is 21.4 Å². The number of pyridine rings is 1. The summed E-state index contributed by atoms with van der Waals surface area (Å²) < 4.78 is 33.2. The van der Waals surface area contributed by atoms with Crippen molar-refractivity contribution in [2.75, 3.05) is 18.6 Å². The third-order valence-electron chi connectivity index (χ3n) is 3.86. The molecule has 1 atom stereocenters. The molecule has 2 rings (SSSR count). The Labute approximate surface area is 170 Å². The predicted molar refractivity (Wildman–Crippen MR) is 111 cm³/mol. The maximum absolute atomic E-state index is 12.7. The van der Waals surface area contributed by atoms with Crippen LogP contribution in [0.25, 0.3) is 0 Å². The number of carbonyl (C=O) groups excluding carboxylic acids is 1. The summed E-state index contributed by atoms with van der Waals surface area (Å²) in [6.45, 7) is 2.52. The highest BCUT2D eigenvalue weighted by Gasteiger charge is 2.25. The van der Waals surface area contributed by atoms with Crippen molar-refractivity contribution in [2.45, 2.75) is 30.8 Å². The minimum atomic E-state index is -3.79. The summed E-state index contributed by atoms with van der Waals surface area (Å²) in [5, 5.41) is 2.79. The molecule has 0 aliphatic rings. The summed E-state index contributed by atoms with van der Waals surface area (Å²) in [5.41, 5.74) is 0.729. The molecule has 2 N–H and O–H groups in total. The molecular formula is C19H25N3O4S2. The number of nitrogens with zero attached hydrogens (tertiary/aromatic N) is 1. The molecule has 0 bridgehead atoms. The Bertz CT molecular complexity index is 860. The van der Waals surface area contributed by atoms with Gasteiger partial charge in [0.2, 0.25) is 21.8 Å². The van der Waals surface area contributed by atoms with Gasteiger partial charge in [0, 0.05) is 18.3 Å². The van der Waals surface area contributed by atoms with Crippen molar-refractivity contribution in [3.63, 3.8) is 0 Å². The second-order valence-electron chi connectivity index (χ2n) is 5.89. The van der Waals surface area contributed by atoms with Gasteiger partial charge in [-0.15, -0.1) is 0 Å². The van der Waals surface area contributed by atoms with E-state index >= 15 is 0 Å².